The van der Waals surface area contributed by atoms with Crippen molar-refractivity contribution < 1.29 is 0 Å². The molecule has 0 aliphatic rings. The Hall–Kier alpha value is -2.32. The van der Waals surface area contributed by atoms with Crippen molar-refractivity contribution in [2.45, 2.75) is 13.3 Å². The van der Waals surface area contributed by atoms with Gasteiger partial charge in [-0.1, -0.05) is 18.5 Å². The lowest BCUT2D eigenvalue weighted by molar-refractivity contribution is 0.948. The number of nitrogens with two attached hydrogens (primary N) is 1. The standard InChI is InChI=1S/C13H12ClN5/c1-2-12-18-11(16)6-13(19-12)17-10-5-8(7-15)3-4-9(10)14/h3-6H,2H2,1H3,(H3,16,17,18,19). The Balaban J connectivity index is 2.36. The number of anilines is 3. The van der Waals surface area contributed by atoms with E-state index in [0.717, 1.165) is 0 Å². The summed E-state index contributed by atoms with van der Waals surface area (Å²) >= 11 is 6.07. The Kier molecular flexibility index (Phi) is 3.83. The molecule has 1 heterocycles. The molecule has 0 saturated carbocycles. The lowest BCUT2D eigenvalue weighted by atomic mass is 10.2. The molecular weight excluding hydrogens is 262 g/mol. The van der Waals surface area contributed by atoms with Crippen LogP contribution < -0.4 is 11.1 Å². The molecule has 1 aromatic carbocycles. The molecule has 6 heteroatoms. The topological polar surface area (TPSA) is 87.6 Å². The second kappa shape index (κ2) is 5.55. The quantitative estimate of drug-likeness (QED) is 0.898. The fourth-order valence-corrected chi connectivity index (χ4v) is 1.73. The highest BCUT2D eigenvalue weighted by atomic mass is 35.5. The van der Waals surface area contributed by atoms with E-state index in [-0.39, 0.29) is 0 Å². The molecule has 0 unspecified atom stereocenters. The molecule has 0 aliphatic carbocycles. The number of aromatic nitrogens is 2. The minimum atomic E-state index is 0.391. The number of hydrogen-bond acceptors (Lipinski definition) is 5. The van der Waals surface area contributed by atoms with Crippen LogP contribution in [0.25, 0.3) is 0 Å². The van der Waals surface area contributed by atoms with Crippen molar-refractivity contribution in [3.05, 3.63) is 40.7 Å². The summed E-state index contributed by atoms with van der Waals surface area (Å²) in [5, 5.41) is 12.4. The third kappa shape index (κ3) is 3.12. The van der Waals surface area contributed by atoms with Crippen LogP contribution in [0, 0.1) is 11.3 Å². The molecule has 0 fully saturated rings. The van der Waals surface area contributed by atoms with Crippen molar-refractivity contribution in [2.75, 3.05) is 11.1 Å². The van der Waals surface area contributed by atoms with E-state index in [2.05, 4.69) is 21.4 Å². The van der Waals surface area contributed by atoms with Crippen LogP contribution in [0.4, 0.5) is 17.3 Å². The molecule has 0 spiro atoms. The van der Waals surface area contributed by atoms with Gasteiger partial charge in [-0.2, -0.15) is 5.26 Å². The summed E-state index contributed by atoms with van der Waals surface area (Å²) < 4.78 is 0. The summed E-state index contributed by atoms with van der Waals surface area (Å²) in [6, 6.07) is 8.65. The van der Waals surface area contributed by atoms with Crippen LogP contribution in [0.2, 0.25) is 5.02 Å². The number of hydrogen-bond donors (Lipinski definition) is 2. The monoisotopic (exact) mass is 273 g/mol. The van der Waals surface area contributed by atoms with E-state index in [0.29, 0.717) is 40.2 Å². The highest BCUT2D eigenvalue weighted by molar-refractivity contribution is 6.33. The first-order valence-corrected chi connectivity index (χ1v) is 6.10. The predicted molar refractivity (Wildman–Crippen MR) is 75.3 cm³/mol. The van der Waals surface area contributed by atoms with Crippen molar-refractivity contribution in [3.8, 4) is 6.07 Å². The summed E-state index contributed by atoms with van der Waals surface area (Å²) in [4.78, 5) is 8.39. The first-order chi connectivity index (χ1) is 9.12. The van der Waals surface area contributed by atoms with Gasteiger partial charge in [-0.15, -0.1) is 0 Å². The Morgan fingerprint density at radius 3 is 2.84 bits per heavy atom. The van der Waals surface area contributed by atoms with Gasteiger partial charge in [0.1, 0.15) is 17.5 Å². The van der Waals surface area contributed by atoms with E-state index in [1.807, 2.05) is 6.92 Å². The van der Waals surface area contributed by atoms with Crippen molar-refractivity contribution >= 4 is 28.9 Å². The number of nitriles is 1. The van der Waals surface area contributed by atoms with Gasteiger partial charge in [0.25, 0.3) is 0 Å². The average molecular weight is 274 g/mol. The normalized spacial score (nSPS) is 9.95. The first kappa shape index (κ1) is 13.1. The molecular formula is C13H12ClN5. The molecule has 0 atom stereocenters. The number of nitrogen functional groups attached to an aromatic ring is 1. The summed E-state index contributed by atoms with van der Waals surface area (Å²) in [6.45, 7) is 1.95. The molecule has 2 aromatic rings. The van der Waals surface area contributed by atoms with E-state index < -0.39 is 0 Å². The van der Waals surface area contributed by atoms with Gasteiger partial charge in [-0.25, -0.2) is 9.97 Å². The Bertz CT molecular complexity index is 648. The first-order valence-electron chi connectivity index (χ1n) is 5.72. The smallest absolute Gasteiger partial charge is 0.136 e. The van der Waals surface area contributed by atoms with Gasteiger partial charge < -0.3 is 11.1 Å². The zero-order valence-electron chi connectivity index (χ0n) is 10.3. The Labute approximate surface area is 116 Å². The zero-order valence-corrected chi connectivity index (χ0v) is 11.1. The van der Waals surface area contributed by atoms with E-state index in [9.17, 15) is 0 Å². The minimum absolute atomic E-state index is 0.391. The number of rotatable bonds is 3. The zero-order chi connectivity index (χ0) is 13.8. The van der Waals surface area contributed by atoms with Gasteiger partial charge in [0.05, 0.1) is 22.3 Å². The molecule has 0 radical (unpaired) electrons. The molecule has 0 amide bonds. The Morgan fingerprint density at radius 2 is 2.16 bits per heavy atom. The van der Waals surface area contributed by atoms with Crippen LogP contribution in [0.3, 0.4) is 0 Å². The van der Waals surface area contributed by atoms with Crippen LogP contribution in [0.15, 0.2) is 24.3 Å². The number of aryl methyl sites for hydroxylation is 1. The molecule has 1 aromatic heterocycles. The van der Waals surface area contributed by atoms with Gasteiger partial charge in [0.15, 0.2) is 0 Å². The van der Waals surface area contributed by atoms with Crippen molar-refractivity contribution in [2.24, 2.45) is 0 Å². The van der Waals surface area contributed by atoms with Gasteiger partial charge in [-0.3, -0.25) is 0 Å². The maximum atomic E-state index is 8.88. The minimum Gasteiger partial charge on any atom is -0.384 e. The number of halogens is 1. The summed E-state index contributed by atoms with van der Waals surface area (Å²) in [5.41, 5.74) is 6.84. The van der Waals surface area contributed by atoms with Crippen LogP contribution >= 0.6 is 11.6 Å². The second-order valence-electron chi connectivity index (χ2n) is 3.88. The van der Waals surface area contributed by atoms with E-state index >= 15 is 0 Å². The summed E-state index contributed by atoms with van der Waals surface area (Å²) in [5.74, 6) is 1.60. The lowest BCUT2D eigenvalue weighted by Gasteiger charge is -2.09. The van der Waals surface area contributed by atoms with Crippen LogP contribution in [0.1, 0.15) is 18.3 Å². The molecule has 0 aliphatic heterocycles. The highest BCUT2D eigenvalue weighted by Crippen LogP contribution is 2.26. The van der Waals surface area contributed by atoms with Crippen molar-refractivity contribution in [1.29, 1.82) is 5.26 Å². The van der Waals surface area contributed by atoms with E-state index in [1.54, 1.807) is 24.3 Å². The highest BCUT2D eigenvalue weighted by Gasteiger charge is 2.06. The summed E-state index contributed by atoms with van der Waals surface area (Å²) in [7, 11) is 0. The Morgan fingerprint density at radius 1 is 1.37 bits per heavy atom. The molecule has 2 rings (SSSR count). The largest absolute Gasteiger partial charge is 0.384 e. The van der Waals surface area contributed by atoms with Crippen LogP contribution in [0.5, 0.6) is 0 Å². The average Bonchev–Trinajstić information content (AvgIpc) is 2.40. The molecule has 5 nitrogen and oxygen atoms in total. The van der Waals surface area contributed by atoms with Gasteiger partial charge in [0.2, 0.25) is 0 Å². The van der Waals surface area contributed by atoms with Crippen LogP contribution in [-0.4, -0.2) is 9.97 Å². The van der Waals surface area contributed by atoms with Gasteiger partial charge >= 0.3 is 0 Å². The van der Waals surface area contributed by atoms with Crippen molar-refractivity contribution in [1.82, 2.24) is 9.97 Å². The SMILES string of the molecule is CCc1nc(N)cc(Nc2cc(C#N)ccc2Cl)n1. The van der Waals surface area contributed by atoms with E-state index in [1.165, 1.54) is 0 Å². The van der Waals surface area contributed by atoms with Crippen LogP contribution in [-0.2, 0) is 6.42 Å². The number of nitrogens with zero attached hydrogens (tertiary/aromatic N) is 3. The lowest BCUT2D eigenvalue weighted by Crippen LogP contribution is -2.03. The summed E-state index contributed by atoms with van der Waals surface area (Å²) in [6.07, 6.45) is 0.686. The van der Waals surface area contributed by atoms with Crippen molar-refractivity contribution in [3.63, 3.8) is 0 Å². The predicted octanol–water partition coefficient (Wildman–Crippen LogP) is 2.89. The maximum Gasteiger partial charge on any atom is 0.136 e. The fourth-order valence-electron chi connectivity index (χ4n) is 1.57. The van der Waals surface area contributed by atoms with Gasteiger partial charge in [-0.05, 0) is 18.2 Å². The third-order valence-corrected chi connectivity index (χ3v) is 2.80. The third-order valence-electron chi connectivity index (χ3n) is 2.47. The van der Waals surface area contributed by atoms with Gasteiger partial charge in [0, 0.05) is 12.5 Å². The maximum absolute atomic E-state index is 8.88. The molecule has 19 heavy (non-hydrogen) atoms. The number of benzene rings is 1. The molecule has 0 bridgehead atoms. The molecule has 96 valence electrons. The second-order valence-corrected chi connectivity index (χ2v) is 4.29. The van der Waals surface area contributed by atoms with E-state index in [4.69, 9.17) is 22.6 Å². The number of nitrogens with one attached hydrogen (secondary N) is 1. The fraction of sp³-hybridized carbons (Fsp3) is 0.154. The molecule has 0 saturated heterocycles. The molecule has 3 N–H and O–H groups in total.